The van der Waals surface area contributed by atoms with Crippen LogP contribution in [0.1, 0.15) is 18.3 Å². The quantitative estimate of drug-likeness (QED) is 0.741. The van der Waals surface area contributed by atoms with Crippen LogP contribution in [-0.4, -0.2) is 37.7 Å². The Kier molecular flexibility index (Phi) is 3.70. The molecule has 1 amide bonds. The minimum absolute atomic E-state index is 0.255. The summed E-state index contributed by atoms with van der Waals surface area (Å²) in [6.45, 7) is 1.49. The lowest BCUT2D eigenvalue weighted by Crippen LogP contribution is -2.13. The van der Waals surface area contributed by atoms with Gasteiger partial charge in [-0.25, -0.2) is 9.97 Å². The number of nitrogens with one attached hydrogen (secondary N) is 1. The zero-order chi connectivity index (χ0) is 15.7. The third-order valence-electron chi connectivity index (χ3n) is 3.16. The second-order valence-corrected chi connectivity index (χ2v) is 4.78. The van der Waals surface area contributed by atoms with E-state index in [4.69, 9.17) is 4.74 Å². The molecule has 2 heterocycles. The molecule has 0 bridgehead atoms. The summed E-state index contributed by atoms with van der Waals surface area (Å²) in [7, 11) is 1.60. The van der Waals surface area contributed by atoms with Crippen LogP contribution < -0.4 is 5.32 Å². The number of rotatable bonds is 4. The molecule has 8 heteroatoms. The molecule has 2 aromatic heterocycles. The maximum atomic E-state index is 11.4. The van der Waals surface area contributed by atoms with Gasteiger partial charge in [0, 0.05) is 25.0 Å². The summed E-state index contributed by atoms with van der Waals surface area (Å²) in [4.78, 5) is 20.2. The molecule has 3 rings (SSSR count). The second kappa shape index (κ2) is 5.66. The normalized spacial score (nSPS) is 11.2. The van der Waals surface area contributed by atoms with E-state index in [-0.39, 0.29) is 24.3 Å². The fourth-order valence-electron chi connectivity index (χ4n) is 2.31. The zero-order valence-corrected chi connectivity index (χ0v) is 12.2. The summed E-state index contributed by atoms with van der Waals surface area (Å²) in [6.07, 6.45) is 0. The smallest absolute Gasteiger partial charge is 0.233 e. The fourth-order valence-corrected chi connectivity index (χ4v) is 2.31. The van der Waals surface area contributed by atoms with Gasteiger partial charge < -0.3 is 9.84 Å². The van der Waals surface area contributed by atoms with Crippen molar-refractivity contribution in [2.24, 2.45) is 0 Å². The molecule has 8 nitrogen and oxygen atoms in total. The molecule has 0 aliphatic heterocycles. The third-order valence-corrected chi connectivity index (χ3v) is 3.16. The lowest BCUT2D eigenvalue weighted by Gasteiger charge is -2.09. The van der Waals surface area contributed by atoms with Crippen LogP contribution in [-0.2, 0) is 22.7 Å². The van der Waals surface area contributed by atoms with E-state index in [0.717, 1.165) is 10.9 Å². The Morgan fingerprint density at radius 3 is 2.91 bits per heavy atom. The van der Waals surface area contributed by atoms with Crippen LogP contribution in [0.5, 0.6) is 0 Å². The lowest BCUT2D eigenvalue weighted by molar-refractivity contribution is -0.114. The van der Waals surface area contributed by atoms with Gasteiger partial charge in [0.15, 0.2) is 11.5 Å². The number of methoxy groups -OCH3 is 1. The summed E-state index contributed by atoms with van der Waals surface area (Å²) in [6, 6.07) is 5.64. The Bertz CT molecular complexity index is 858. The number of fused-ring (bicyclic) bond motifs is 3. The number of hydrogen-bond acceptors (Lipinski definition) is 6. The fraction of sp³-hybridized carbons (Fsp3) is 0.286. The molecular formula is C14H15N5O3. The Morgan fingerprint density at radius 1 is 1.41 bits per heavy atom. The number of nitrogens with zero attached hydrogens (tertiary/aromatic N) is 4. The van der Waals surface area contributed by atoms with Crippen molar-refractivity contribution < 1.29 is 14.6 Å². The van der Waals surface area contributed by atoms with Crippen LogP contribution >= 0.6 is 0 Å². The number of carbonyl (C=O) groups excluding carboxylic acids is 1. The molecule has 0 aliphatic carbocycles. The van der Waals surface area contributed by atoms with Gasteiger partial charge in [-0.2, -0.15) is 4.52 Å². The molecule has 1 aromatic carbocycles. The highest BCUT2D eigenvalue weighted by atomic mass is 16.5. The Hall–Kier alpha value is -2.58. The molecule has 0 fully saturated rings. The predicted molar refractivity (Wildman–Crippen MR) is 79.2 cm³/mol. The summed E-state index contributed by atoms with van der Waals surface area (Å²) >= 11 is 0. The number of para-hydroxylation sites is 1. The Labute approximate surface area is 125 Å². The van der Waals surface area contributed by atoms with Crippen molar-refractivity contribution in [3.63, 3.8) is 0 Å². The largest absolute Gasteiger partial charge is 0.388 e. The summed E-state index contributed by atoms with van der Waals surface area (Å²) < 4.78 is 6.61. The highest BCUT2D eigenvalue weighted by molar-refractivity contribution is 5.96. The van der Waals surface area contributed by atoms with E-state index >= 15 is 0 Å². The number of aromatic nitrogens is 4. The van der Waals surface area contributed by atoms with E-state index in [1.807, 2.05) is 18.2 Å². The van der Waals surface area contributed by atoms with Gasteiger partial charge in [0.1, 0.15) is 6.61 Å². The van der Waals surface area contributed by atoms with E-state index < -0.39 is 0 Å². The number of aliphatic hydroxyl groups is 1. The first-order valence-corrected chi connectivity index (χ1v) is 6.68. The van der Waals surface area contributed by atoms with Gasteiger partial charge in [0.05, 0.1) is 12.1 Å². The van der Waals surface area contributed by atoms with Gasteiger partial charge in [0.25, 0.3) is 0 Å². The minimum Gasteiger partial charge on any atom is -0.388 e. The number of amides is 1. The number of anilines is 1. The Morgan fingerprint density at radius 2 is 2.23 bits per heavy atom. The van der Waals surface area contributed by atoms with Gasteiger partial charge in [-0.15, -0.1) is 5.10 Å². The maximum absolute atomic E-state index is 11.4. The van der Waals surface area contributed by atoms with Crippen LogP contribution in [0.2, 0.25) is 0 Å². The minimum atomic E-state index is -0.291. The van der Waals surface area contributed by atoms with Crippen LogP contribution in [0.15, 0.2) is 18.2 Å². The van der Waals surface area contributed by atoms with Gasteiger partial charge in [-0.3, -0.25) is 10.1 Å². The molecule has 2 N–H and O–H groups in total. The van der Waals surface area contributed by atoms with Crippen LogP contribution in [0.3, 0.4) is 0 Å². The van der Waals surface area contributed by atoms with E-state index in [1.54, 1.807) is 7.11 Å². The van der Waals surface area contributed by atoms with Crippen LogP contribution in [0, 0.1) is 0 Å². The molecule has 0 aliphatic rings. The average Bonchev–Trinajstić information content (AvgIpc) is 2.93. The number of aliphatic hydroxyl groups excluding tert-OH is 1. The molecule has 0 unspecified atom stereocenters. The molecule has 3 aromatic rings. The number of benzene rings is 1. The van der Waals surface area contributed by atoms with Crippen LogP contribution in [0.25, 0.3) is 16.6 Å². The topological polar surface area (TPSA) is 102 Å². The zero-order valence-electron chi connectivity index (χ0n) is 12.2. The monoisotopic (exact) mass is 301 g/mol. The highest BCUT2D eigenvalue weighted by Crippen LogP contribution is 2.24. The SMILES string of the molecule is COCc1cccc2c1nc(NC(C)=O)n1nc(CO)nc21. The van der Waals surface area contributed by atoms with Crippen molar-refractivity contribution in [2.45, 2.75) is 20.1 Å². The molecule has 0 saturated heterocycles. The highest BCUT2D eigenvalue weighted by Gasteiger charge is 2.15. The predicted octanol–water partition coefficient (Wildman–Crippen LogP) is 0.875. The van der Waals surface area contributed by atoms with Gasteiger partial charge in [0.2, 0.25) is 11.9 Å². The first kappa shape index (κ1) is 14.4. The van der Waals surface area contributed by atoms with E-state index in [9.17, 15) is 9.90 Å². The molecule has 114 valence electrons. The van der Waals surface area contributed by atoms with Crippen molar-refractivity contribution in [3.8, 4) is 0 Å². The van der Waals surface area contributed by atoms with Gasteiger partial charge in [-0.1, -0.05) is 12.1 Å². The van der Waals surface area contributed by atoms with Crippen molar-refractivity contribution >= 4 is 28.4 Å². The maximum Gasteiger partial charge on any atom is 0.233 e. The van der Waals surface area contributed by atoms with E-state index in [2.05, 4.69) is 20.4 Å². The summed E-state index contributed by atoms with van der Waals surface area (Å²) in [5.74, 6) is 0.252. The number of carbonyl (C=O) groups is 1. The molecule has 22 heavy (non-hydrogen) atoms. The molecule has 0 spiro atoms. The van der Waals surface area contributed by atoms with Crippen LogP contribution in [0.4, 0.5) is 5.95 Å². The number of ether oxygens (including phenoxy) is 1. The van der Waals surface area contributed by atoms with Crippen molar-refractivity contribution in [3.05, 3.63) is 29.6 Å². The van der Waals surface area contributed by atoms with E-state index in [0.29, 0.717) is 17.8 Å². The Balaban J connectivity index is 2.36. The molecule has 0 atom stereocenters. The second-order valence-electron chi connectivity index (χ2n) is 4.78. The summed E-state index contributed by atoms with van der Waals surface area (Å²) in [5, 5.41) is 16.8. The van der Waals surface area contributed by atoms with Gasteiger partial charge in [-0.05, 0) is 6.07 Å². The molecule has 0 radical (unpaired) electrons. The molecule has 0 saturated carbocycles. The standard InChI is InChI=1S/C14H15N5O3/c1-8(21)15-14-17-12-9(7-22-2)4-3-5-10(12)13-16-11(6-20)18-19(13)14/h3-5,20H,6-7H2,1-2H3,(H,15,17,21). The first-order valence-electron chi connectivity index (χ1n) is 6.68. The first-order chi connectivity index (χ1) is 10.6. The van der Waals surface area contributed by atoms with E-state index in [1.165, 1.54) is 11.4 Å². The average molecular weight is 301 g/mol. The summed E-state index contributed by atoms with van der Waals surface area (Å²) in [5.41, 5.74) is 2.08. The van der Waals surface area contributed by atoms with Crippen molar-refractivity contribution in [2.75, 3.05) is 12.4 Å². The van der Waals surface area contributed by atoms with Gasteiger partial charge >= 0.3 is 0 Å². The van der Waals surface area contributed by atoms with Crippen molar-refractivity contribution in [1.82, 2.24) is 19.6 Å². The molecular weight excluding hydrogens is 286 g/mol. The van der Waals surface area contributed by atoms with Crippen molar-refractivity contribution in [1.29, 1.82) is 0 Å². The lowest BCUT2D eigenvalue weighted by atomic mass is 10.1. The number of hydrogen-bond donors (Lipinski definition) is 2. The third kappa shape index (κ3) is 2.38.